The molecule has 0 fully saturated rings. The average Bonchev–Trinajstić information content (AvgIpc) is 2.83. The maximum Gasteiger partial charge on any atom is 0.261 e. The minimum atomic E-state index is -0.908. The summed E-state index contributed by atoms with van der Waals surface area (Å²) < 4.78 is 1.45. The fourth-order valence-corrected chi connectivity index (χ4v) is 3.87. The molecule has 1 aliphatic heterocycles. The molecule has 1 unspecified atom stereocenters. The van der Waals surface area contributed by atoms with E-state index in [1.807, 2.05) is 39.8 Å². The minimum Gasteiger partial charge on any atom is -0.389 e. The van der Waals surface area contributed by atoms with Crippen molar-refractivity contribution in [2.24, 2.45) is 0 Å². The molecule has 1 amide bonds. The summed E-state index contributed by atoms with van der Waals surface area (Å²) in [6, 6.07) is 7.13. The first-order valence-electron chi connectivity index (χ1n) is 9.45. The first-order valence-corrected chi connectivity index (χ1v) is 9.45. The number of benzene rings is 1. The number of aromatic nitrogens is 2. The number of carbonyl (C=O) groups excluding carboxylic acids is 1. The van der Waals surface area contributed by atoms with Crippen molar-refractivity contribution in [3.8, 4) is 0 Å². The van der Waals surface area contributed by atoms with E-state index in [2.05, 4.69) is 15.6 Å². The molecule has 0 spiro atoms. The lowest BCUT2D eigenvalue weighted by molar-refractivity contribution is -0.118. The highest BCUT2D eigenvalue weighted by atomic mass is 35.5. The van der Waals surface area contributed by atoms with Gasteiger partial charge < -0.3 is 10.4 Å². The molecule has 0 radical (unpaired) electrons. The van der Waals surface area contributed by atoms with Gasteiger partial charge in [-0.1, -0.05) is 18.2 Å². The van der Waals surface area contributed by atoms with Gasteiger partial charge in [0.15, 0.2) is 0 Å². The molecule has 0 saturated heterocycles. The van der Waals surface area contributed by atoms with Crippen LogP contribution in [0.2, 0.25) is 0 Å². The number of nitrogens with zero attached hydrogens (tertiary/aromatic N) is 2. The van der Waals surface area contributed by atoms with E-state index >= 15 is 0 Å². The molecule has 3 N–H and O–H groups in total. The van der Waals surface area contributed by atoms with Gasteiger partial charge in [-0.05, 0) is 46.8 Å². The Kier molecular flexibility index (Phi) is 8.24. The fourth-order valence-electron chi connectivity index (χ4n) is 3.87. The molecule has 3 rings (SSSR count). The van der Waals surface area contributed by atoms with E-state index in [9.17, 15) is 14.7 Å². The Morgan fingerprint density at radius 3 is 2.47 bits per heavy atom. The smallest absolute Gasteiger partial charge is 0.261 e. The second-order valence-electron chi connectivity index (χ2n) is 8.49. The van der Waals surface area contributed by atoms with E-state index in [1.54, 1.807) is 25.1 Å². The van der Waals surface area contributed by atoms with Gasteiger partial charge in [0.2, 0.25) is 5.91 Å². The number of hydrogen-bond donors (Lipinski definition) is 3. The number of aliphatic hydroxyl groups is 1. The van der Waals surface area contributed by atoms with Crippen molar-refractivity contribution in [2.75, 3.05) is 6.54 Å². The molecule has 2 heterocycles. The van der Waals surface area contributed by atoms with Crippen molar-refractivity contribution in [1.29, 1.82) is 0 Å². The molecule has 9 heteroatoms. The molecule has 7 nitrogen and oxygen atoms in total. The summed E-state index contributed by atoms with van der Waals surface area (Å²) in [5, 5.41) is 17.1. The van der Waals surface area contributed by atoms with Crippen LogP contribution in [-0.2, 0) is 11.3 Å². The Morgan fingerprint density at radius 2 is 1.87 bits per heavy atom. The third-order valence-electron chi connectivity index (χ3n) is 5.00. The molecule has 1 atom stereocenters. The zero-order valence-corrected chi connectivity index (χ0v) is 19.5. The average molecular weight is 457 g/mol. The molecular weight excluding hydrogens is 427 g/mol. The van der Waals surface area contributed by atoms with Crippen molar-refractivity contribution < 1.29 is 9.90 Å². The van der Waals surface area contributed by atoms with E-state index in [0.29, 0.717) is 22.3 Å². The summed E-state index contributed by atoms with van der Waals surface area (Å²) in [5.41, 5.74) is 0.364. The van der Waals surface area contributed by atoms with Crippen LogP contribution in [-0.4, -0.2) is 44.3 Å². The van der Waals surface area contributed by atoms with Crippen LogP contribution in [0.15, 0.2) is 40.7 Å². The summed E-state index contributed by atoms with van der Waals surface area (Å²) in [4.78, 5) is 29.7. The topological polar surface area (TPSA) is 96.2 Å². The van der Waals surface area contributed by atoms with Gasteiger partial charge in [-0.25, -0.2) is 4.98 Å². The predicted octanol–water partition coefficient (Wildman–Crippen LogP) is 2.11. The molecule has 166 valence electrons. The summed E-state index contributed by atoms with van der Waals surface area (Å²) >= 11 is 0. The quantitative estimate of drug-likeness (QED) is 0.639. The van der Waals surface area contributed by atoms with Gasteiger partial charge >= 0.3 is 0 Å². The molecule has 2 aromatic rings. The normalized spacial score (nSPS) is 17.5. The van der Waals surface area contributed by atoms with Gasteiger partial charge in [0.1, 0.15) is 5.82 Å². The number of fused-ring (bicyclic) bond motifs is 1. The van der Waals surface area contributed by atoms with E-state index in [0.717, 1.165) is 0 Å². The van der Waals surface area contributed by atoms with Crippen LogP contribution in [0, 0.1) is 6.92 Å². The first-order chi connectivity index (χ1) is 13.0. The third kappa shape index (κ3) is 5.40. The maximum atomic E-state index is 12.7. The monoisotopic (exact) mass is 456 g/mol. The highest BCUT2D eigenvalue weighted by molar-refractivity contribution is 5.96. The van der Waals surface area contributed by atoms with Gasteiger partial charge in [0.25, 0.3) is 5.56 Å². The van der Waals surface area contributed by atoms with Crippen molar-refractivity contribution >= 4 is 41.6 Å². The largest absolute Gasteiger partial charge is 0.389 e. The van der Waals surface area contributed by atoms with Gasteiger partial charge in [-0.15, -0.1) is 24.8 Å². The van der Waals surface area contributed by atoms with Crippen molar-refractivity contribution in [2.45, 2.75) is 58.3 Å². The van der Waals surface area contributed by atoms with Crippen LogP contribution in [0.25, 0.3) is 10.9 Å². The fraction of sp³-hybridized carbons (Fsp3) is 0.476. The summed E-state index contributed by atoms with van der Waals surface area (Å²) in [6.07, 6.45) is 1.01. The van der Waals surface area contributed by atoms with Gasteiger partial charge in [-0.2, -0.15) is 0 Å². The SMILES string of the molecule is Cc1nc2ccccc2c(=O)n1CC(O)CNC(=O)C1=CC(C)(C)NC1(C)C.Cl.Cl. The number of aliphatic hydroxyl groups excluding tert-OH is 1. The van der Waals surface area contributed by atoms with Crippen LogP contribution in [0.1, 0.15) is 33.5 Å². The summed E-state index contributed by atoms with van der Waals surface area (Å²) in [5.74, 6) is 0.308. The Hall–Kier alpha value is -1.93. The van der Waals surface area contributed by atoms with Crippen LogP contribution in [0.5, 0.6) is 0 Å². The van der Waals surface area contributed by atoms with Crippen LogP contribution in [0.4, 0.5) is 0 Å². The van der Waals surface area contributed by atoms with Crippen LogP contribution < -0.4 is 16.2 Å². The molecule has 0 saturated carbocycles. The number of rotatable bonds is 5. The molecule has 1 aromatic carbocycles. The van der Waals surface area contributed by atoms with Crippen molar-refractivity contribution in [1.82, 2.24) is 20.2 Å². The van der Waals surface area contributed by atoms with Crippen LogP contribution in [0.3, 0.4) is 0 Å². The maximum absolute atomic E-state index is 12.7. The van der Waals surface area contributed by atoms with E-state index in [4.69, 9.17) is 0 Å². The Morgan fingerprint density at radius 1 is 1.23 bits per heavy atom. The van der Waals surface area contributed by atoms with Gasteiger partial charge in [0, 0.05) is 23.2 Å². The van der Waals surface area contributed by atoms with E-state index < -0.39 is 11.6 Å². The Bertz CT molecular complexity index is 1010. The lowest BCUT2D eigenvalue weighted by atomic mass is 9.96. The number of nitrogens with one attached hydrogen (secondary N) is 2. The third-order valence-corrected chi connectivity index (χ3v) is 5.00. The second-order valence-corrected chi connectivity index (χ2v) is 8.49. The summed E-state index contributed by atoms with van der Waals surface area (Å²) in [6.45, 7) is 9.76. The number of para-hydroxylation sites is 1. The standard InChI is InChI=1S/C21H28N4O3.2ClH/c1-13-23-17-9-7-6-8-15(17)19(28)25(13)12-14(26)11-22-18(27)16-10-20(2,3)24-21(16,4)5;;/h6-10,14,24,26H,11-12H2,1-5H3,(H,22,27);2*1H. The molecule has 0 bridgehead atoms. The zero-order chi connectivity index (χ0) is 20.7. The first kappa shape index (κ1) is 26.1. The van der Waals surface area contributed by atoms with E-state index in [-0.39, 0.29) is 54.9 Å². The lowest BCUT2D eigenvalue weighted by Crippen LogP contribution is -2.48. The number of carbonyl (C=O) groups is 1. The molecular formula is C21H30Cl2N4O3. The number of halogens is 2. The van der Waals surface area contributed by atoms with Crippen LogP contribution >= 0.6 is 24.8 Å². The Labute approximate surface area is 188 Å². The lowest BCUT2D eigenvalue weighted by Gasteiger charge is -2.27. The number of amides is 1. The predicted molar refractivity (Wildman–Crippen MR) is 124 cm³/mol. The van der Waals surface area contributed by atoms with Gasteiger partial charge in [-0.3, -0.25) is 19.5 Å². The second kappa shape index (κ2) is 9.47. The summed E-state index contributed by atoms with van der Waals surface area (Å²) in [7, 11) is 0. The highest BCUT2D eigenvalue weighted by Crippen LogP contribution is 2.29. The number of aryl methyl sites for hydroxylation is 1. The van der Waals surface area contributed by atoms with Gasteiger partial charge in [0.05, 0.1) is 23.6 Å². The van der Waals surface area contributed by atoms with Crippen molar-refractivity contribution in [3.63, 3.8) is 0 Å². The Balaban J connectivity index is 0.00000225. The minimum absolute atomic E-state index is 0. The molecule has 1 aromatic heterocycles. The molecule has 30 heavy (non-hydrogen) atoms. The molecule has 1 aliphatic rings. The van der Waals surface area contributed by atoms with Crippen molar-refractivity contribution in [3.05, 3.63) is 52.1 Å². The zero-order valence-electron chi connectivity index (χ0n) is 17.9. The van der Waals surface area contributed by atoms with E-state index in [1.165, 1.54) is 4.57 Å². The molecule has 0 aliphatic carbocycles. The highest BCUT2D eigenvalue weighted by Gasteiger charge is 2.40. The number of hydrogen-bond acceptors (Lipinski definition) is 5.